The molecule has 0 aliphatic carbocycles. The number of aromatic nitrogens is 1. The lowest BCUT2D eigenvalue weighted by Crippen LogP contribution is -2.17. The Morgan fingerprint density at radius 1 is 1.02 bits per heavy atom. The van der Waals surface area contributed by atoms with Gasteiger partial charge < -0.3 is 10.1 Å². The van der Waals surface area contributed by atoms with Gasteiger partial charge in [0.2, 0.25) is 0 Å². The van der Waals surface area contributed by atoms with Crippen molar-refractivity contribution in [2.45, 2.75) is 13.5 Å². The summed E-state index contributed by atoms with van der Waals surface area (Å²) in [6.07, 6.45) is 1.58. The number of anilines is 2. The summed E-state index contributed by atoms with van der Waals surface area (Å²) in [5, 5.41) is 10.3. The molecule has 0 fully saturated rings. The lowest BCUT2D eigenvalue weighted by atomic mass is 10.1. The number of benzene rings is 4. The van der Waals surface area contributed by atoms with Crippen LogP contribution in [-0.4, -0.2) is 17.1 Å². The van der Waals surface area contributed by atoms with Crippen molar-refractivity contribution in [2.24, 2.45) is 5.10 Å². The maximum Gasteiger partial charge on any atom is 0.271 e. The molecular weight excluding hydrogens is 699 g/mol. The second-order valence-electron chi connectivity index (χ2n) is 8.90. The van der Waals surface area contributed by atoms with Crippen LogP contribution in [0.15, 0.2) is 106 Å². The molecule has 5 aromatic rings. The lowest BCUT2D eigenvalue weighted by molar-refractivity contribution is 0.0955. The van der Waals surface area contributed by atoms with E-state index in [1.807, 2.05) is 72.1 Å². The van der Waals surface area contributed by atoms with Crippen molar-refractivity contribution < 1.29 is 9.53 Å². The van der Waals surface area contributed by atoms with Gasteiger partial charge in [-0.1, -0.05) is 57.9 Å². The lowest BCUT2D eigenvalue weighted by Gasteiger charge is -2.10. The summed E-state index contributed by atoms with van der Waals surface area (Å²) < 4.78 is 8.08. The Bertz CT molecular complexity index is 1640. The van der Waals surface area contributed by atoms with Gasteiger partial charge in [-0.25, -0.2) is 10.4 Å². The van der Waals surface area contributed by atoms with E-state index < -0.39 is 0 Å². The van der Waals surface area contributed by atoms with Crippen LogP contribution in [0.4, 0.5) is 10.8 Å². The highest BCUT2D eigenvalue weighted by Gasteiger charge is 2.09. The molecule has 6 nitrogen and oxygen atoms in total. The first-order chi connectivity index (χ1) is 19.4. The number of aryl methyl sites for hydroxylation is 1. The predicted octanol–water partition coefficient (Wildman–Crippen LogP) is 8.57. The molecule has 1 amide bonds. The summed E-state index contributed by atoms with van der Waals surface area (Å²) in [6, 6.07) is 29.3. The van der Waals surface area contributed by atoms with Crippen LogP contribution >= 0.6 is 49.9 Å². The van der Waals surface area contributed by atoms with Crippen molar-refractivity contribution in [3.63, 3.8) is 0 Å². The van der Waals surface area contributed by atoms with E-state index in [0.29, 0.717) is 17.9 Å². The first-order valence-corrected chi connectivity index (χ1v) is 15.1. The number of hydrogen-bond donors (Lipinski definition) is 2. The first-order valence-electron chi connectivity index (χ1n) is 12.3. The fourth-order valence-corrected chi connectivity index (χ4v) is 5.21. The van der Waals surface area contributed by atoms with Gasteiger partial charge in [-0.05, 0) is 89.7 Å². The molecule has 40 heavy (non-hydrogen) atoms. The Kier molecular flexibility index (Phi) is 9.25. The number of nitrogens with zero attached hydrogens (tertiary/aromatic N) is 2. The molecule has 0 aliphatic rings. The first kappa shape index (κ1) is 28.0. The van der Waals surface area contributed by atoms with E-state index >= 15 is 0 Å². The molecule has 0 saturated carbocycles. The molecule has 1 heterocycles. The molecule has 0 saturated heterocycles. The van der Waals surface area contributed by atoms with Crippen molar-refractivity contribution >= 4 is 72.8 Å². The summed E-state index contributed by atoms with van der Waals surface area (Å²) in [7, 11) is 0. The molecule has 5 rings (SSSR count). The molecular formula is C31H24BrIN4O2S. The van der Waals surface area contributed by atoms with Gasteiger partial charge in [-0.2, -0.15) is 5.10 Å². The van der Waals surface area contributed by atoms with E-state index in [0.717, 1.165) is 37.7 Å². The quantitative estimate of drug-likeness (QED) is 0.0909. The third-order valence-corrected chi connectivity index (χ3v) is 7.87. The summed E-state index contributed by atoms with van der Waals surface area (Å²) >= 11 is 7.30. The maximum atomic E-state index is 12.7. The molecule has 9 heteroatoms. The highest BCUT2D eigenvalue weighted by Crippen LogP contribution is 2.28. The summed E-state index contributed by atoms with van der Waals surface area (Å²) in [5.74, 6) is 0.364. The third kappa shape index (κ3) is 7.56. The third-order valence-electron chi connectivity index (χ3n) is 5.90. The molecule has 0 spiro atoms. The molecule has 0 radical (unpaired) electrons. The minimum absolute atomic E-state index is 0.306. The van der Waals surface area contributed by atoms with Gasteiger partial charge >= 0.3 is 0 Å². The Balaban J connectivity index is 1.19. The van der Waals surface area contributed by atoms with E-state index in [4.69, 9.17) is 4.74 Å². The van der Waals surface area contributed by atoms with E-state index in [-0.39, 0.29) is 5.91 Å². The monoisotopic (exact) mass is 722 g/mol. The molecule has 0 unspecified atom stereocenters. The van der Waals surface area contributed by atoms with E-state index in [9.17, 15) is 4.79 Å². The molecule has 4 aromatic carbocycles. The highest BCUT2D eigenvalue weighted by atomic mass is 127. The van der Waals surface area contributed by atoms with Crippen LogP contribution in [0.5, 0.6) is 5.75 Å². The normalized spacial score (nSPS) is 11.0. The fraction of sp³-hybridized carbons (Fsp3) is 0.0645. The van der Waals surface area contributed by atoms with Gasteiger partial charge in [-0.3, -0.25) is 4.79 Å². The summed E-state index contributed by atoms with van der Waals surface area (Å²) in [6.45, 7) is 2.49. The van der Waals surface area contributed by atoms with E-state index in [1.54, 1.807) is 18.3 Å². The molecule has 0 aliphatic heterocycles. The van der Waals surface area contributed by atoms with Gasteiger partial charge in [0.05, 0.1) is 11.9 Å². The number of ether oxygens (including phenoxy) is 1. The van der Waals surface area contributed by atoms with Crippen LogP contribution in [0.2, 0.25) is 0 Å². The van der Waals surface area contributed by atoms with Crippen molar-refractivity contribution in [1.29, 1.82) is 0 Å². The van der Waals surface area contributed by atoms with E-state index in [1.165, 1.54) is 20.5 Å². The number of hydrazone groups is 1. The second kappa shape index (κ2) is 13.2. The van der Waals surface area contributed by atoms with Crippen LogP contribution in [0.25, 0.3) is 11.3 Å². The molecule has 0 bridgehead atoms. The zero-order valence-electron chi connectivity index (χ0n) is 21.4. The Morgan fingerprint density at radius 2 is 1.77 bits per heavy atom. The summed E-state index contributed by atoms with van der Waals surface area (Å²) in [5.41, 5.74) is 8.89. The largest absolute Gasteiger partial charge is 0.488 e. The molecule has 2 N–H and O–H groups in total. The van der Waals surface area contributed by atoms with Crippen LogP contribution < -0.4 is 15.5 Å². The molecule has 1 aromatic heterocycles. The van der Waals surface area contributed by atoms with Crippen LogP contribution in [0.3, 0.4) is 0 Å². The van der Waals surface area contributed by atoms with E-state index in [2.05, 4.69) is 78.4 Å². The molecule has 0 atom stereocenters. The Morgan fingerprint density at radius 3 is 2.52 bits per heavy atom. The highest BCUT2D eigenvalue weighted by molar-refractivity contribution is 14.1. The van der Waals surface area contributed by atoms with Crippen molar-refractivity contribution in [2.75, 3.05) is 5.32 Å². The van der Waals surface area contributed by atoms with Gasteiger partial charge in [0.1, 0.15) is 12.4 Å². The van der Waals surface area contributed by atoms with Crippen molar-refractivity contribution in [1.82, 2.24) is 10.4 Å². The van der Waals surface area contributed by atoms with Crippen molar-refractivity contribution in [3.8, 4) is 17.0 Å². The van der Waals surface area contributed by atoms with Crippen LogP contribution in [0, 0.1) is 10.5 Å². The van der Waals surface area contributed by atoms with Gasteiger partial charge in [0, 0.05) is 35.8 Å². The van der Waals surface area contributed by atoms with Gasteiger partial charge in [0.25, 0.3) is 5.91 Å². The number of carbonyl (C=O) groups is 1. The number of hydrogen-bond acceptors (Lipinski definition) is 6. The zero-order chi connectivity index (χ0) is 27.9. The van der Waals surface area contributed by atoms with Gasteiger partial charge in [0.15, 0.2) is 5.13 Å². The number of carbonyl (C=O) groups excluding carboxylic acids is 1. The standard InChI is InChI=1S/C31H24BrIN4O2S/c1-20-2-13-27(14-3-20)35-31-36-28(19-40-31)22-6-8-23(9-7-22)30(38)37-34-17-24-16-25(32)10-15-29(24)39-18-21-4-11-26(33)12-5-21/h2-17,19H,18H2,1H3,(H,35,36)(H,37,38)/b34-17-. The zero-order valence-corrected chi connectivity index (χ0v) is 26.0. The van der Waals surface area contributed by atoms with Crippen LogP contribution in [0.1, 0.15) is 27.0 Å². The number of halogens is 2. The smallest absolute Gasteiger partial charge is 0.271 e. The number of amides is 1. The SMILES string of the molecule is Cc1ccc(Nc2nc(-c3ccc(C(=O)N/N=C\c4cc(Br)ccc4OCc4ccc(I)cc4)cc3)cs2)cc1. The average Bonchev–Trinajstić information content (AvgIpc) is 3.43. The maximum absolute atomic E-state index is 12.7. The molecule has 200 valence electrons. The van der Waals surface area contributed by atoms with Crippen molar-refractivity contribution in [3.05, 3.63) is 127 Å². The van der Waals surface area contributed by atoms with Crippen LogP contribution in [-0.2, 0) is 6.61 Å². The average molecular weight is 723 g/mol. The Hall–Kier alpha value is -3.54. The minimum Gasteiger partial charge on any atom is -0.488 e. The number of nitrogens with one attached hydrogen (secondary N) is 2. The Labute approximate surface area is 258 Å². The number of thiazole rings is 1. The second-order valence-corrected chi connectivity index (χ2v) is 11.9. The summed E-state index contributed by atoms with van der Waals surface area (Å²) in [4.78, 5) is 17.4. The minimum atomic E-state index is -0.306. The predicted molar refractivity (Wildman–Crippen MR) is 175 cm³/mol. The fourth-order valence-electron chi connectivity index (χ4n) is 3.73. The number of rotatable bonds is 9. The van der Waals surface area contributed by atoms with Gasteiger partial charge in [-0.15, -0.1) is 11.3 Å². The topological polar surface area (TPSA) is 75.6 Å².